The van der Waals surface area contributed by atoms with Crippen molar-refractivity contribution in [3.63, 3.8) is 0 Å². The van der Waals surface area contributed by atoms with Crippen molar-refractivity contribution in [3.8, 4) is 0 Å². The third-order valence-corrected chi connectivity index (χ3v) is 4.13. The van der Waals surface area contributed by atoms with Crippen LogP contribution >= 0.6 is 0 Å². The molecule has 1 aliphatic heterocycles. The quantitative estimate of drug-likeness (QED) is 0.817. The predicted octanol–water partition coefficient (Wildman–Crippen LogP) is 2.18. The van der Waals surface area contributed by atoms with Gasteiger partial charge in [0.1, 0.15) is 6.04 Å². The Labute approximate surface area is 142 Å². The van der Waals surface area contributed by atoms with E-state index in [0.29, 0.717) is 6.54 Å². The molecule has 0 aliphatic carbocycles. The fourth-order valence-corrected chi connectivity index (χ4v) is 2.79. The lowest BCUT2D eigenvalue weighted by molar-refractivity contribution is -0.121. The van der Waals surface area contributed by atoms with Crippen LogP contribution in [0.3, 0.4) is 0 Å². The van der Waals surface area contributed by atoms with Crippen LogP contribution in [0.5, 0.6) is 0 Å². The van der Waals surface area contributed by atoms with Crippen LogP contribution in [0, 0.1) is 0 Å². The Balaban J connectivity index is 1.46. The Morgan fingerprint density at radius 3 is 3.00 bits per heavy atom. The first-order valence-electron chi connectivity index (χ1n) is 8.43. The molecule has 2 N–H and O–H groups in total. The van der Waals surface area contributed by atoms with Gasteiger partial charge in [-0.15, -0.1) is 0 Å². The summed E-state index contributed by atoms with van der Waals surface area (Å²) in [5.41, 5.74) is 1.93. The van der Waals surface area contributed by atoms with Gasteiger partial charge < -0.3 is 15.4 Å². The van der Waals surface area contributed by atoms with E-state index in [9.17, 15) is 4.79 Å². The molecule has 2 heterocycles. The molecule has 0 saturated carbocycles. The van der Waals surface area contributed by atoms with Gasteiger partial charge in [-0.1, -0.05) is 30.3 Å². The monoisotopic (exact) mass is 328 g/mol. The molecule has 1 aliphatic rings. The number of hydrogen-bond acceptors (Lipinski definition) is 4. The second-order valence-corrected chi connectivity index (χ2v) is 6.16. The van der Waals surface area contributed by atoms with Gasteiger partial charge in [0.2, 0.25) is 5.91 Å². The van der Waals surface area contributed by atoms with Crippen molar-refractivity contribution in [1.82, 2.24) is 15.1 Å². The maximum Gasteiger partial charge on any atom is 0.242 e. The van der Waals surface area contributed by atoms with Crippen molar-refractivity contribution >= 4 is 11.6 Å². The Bertz CT molecular complexity index is 650. The Morgan fingerprint density at radius 2 is 2.25 bits per heavy atom. The standard InChI is InChI=1S/C18H24N4O2/c1-14(18(23)19-10-15-6-3-2-4-7-15)21-16-11-20-22(12-16)13-17-8-5-9-24-17/h2-4,6-7,11-12,14,17,21H,5,8-10,13H2,1H3,(H,19,23). The lowest BCUT2D eigenvalue weighted by Gasteiger charge is -2.14. The van der Waals surface area contributed by atoms with Crippen molar-refractivity contribution in [2.75, 3.05) is 11.9 Å². The molecular weight excluding hydrogens is 304 g/mol. The van der Waals surface area contributed by atoms with Gasteiger partial charge in [0.25, 0.3) is 0 Å². The zero-order valence-corrected chi connectivity index (χ0v) is 13.9. The number of hydrogen-bond donors (Lipinski definition) is 2. The molecule has 6 nitrogen and oxygen atoms in total. The highest BCUT2D eigenvalue weighted by molar-refractivity contribution is 5.84. The molecule has 1 fully saturated rings. The highest BCUT2D eigenvalue weighted by atomic mass is 16.5. The summed E-state index contributed by atoms with van der Waals surface area (Å²) < 4.78 is 7.48. The van der Waals surface area contributed by atoms with E-state index in [4.69, 9.17) is 4.74 Å². The lowest BCUT2D eigenvalue weighted by atomic mass is 10.2. The van der Waals surface area contributed by atoms with Gasteiger partial charge in [0.15, 0.2) is 0 Å². The van der Waals surface area contributed by atoms with E-state index in [0.717, 1.165) is 37.2 Å². The molecule has 0 spiro atoms. The molecule has 1 aromatic carbocycles. The summed E-state index contributed by atoms with van der Waals surface area (Å²) in [6.45, 7) is 3.98. The number of rotatable bonds is 7. The Morgan fingerprint density at radius 1 is 1.42 bits per heavy atom. The van der Waals surface area contributed by atoms with Crippen molar-refractivity contribution in [2.24, 2.45) is 0 Å². The molecule has 1 aromatic heterocycles. The number of nitrogens with one attached hydrogen (secondary N) is 2. The summed E-state index contributed by atoms with van der Waals surface area (Å²) in [5, 5.41) is 10.5. The number of aromatic nitrogens is 2. The maximum atomic E-state index is 12.2. The van der Waals surface area contributed by atoms with Gasteiger partial charge >= 0.3 is 0 Å². The fourth-order valence-electron chi connectivity index (χ4n) is 2.79. The summed E-state index contributed by atoms with van der Waals surface area (Å²) >= 11 is 0. The summed E-state index contributed by atoms with van der Waals surface area (Å²) in [4.78, 5) is 12.2. The second-order valence-electron chi connectivity index (χ2n) is 6.16. The van der Waals surface area contributed by atoms with Crippen molar-refractivity contribution < 1.29 is 9.53 Å². The van der Waals surface area contributed by atoms with E-state index in [2.05, 4.69) is 15.7 Å². The minimum Gasteiger partial charge on any atom is -0.376 e. The summed E-state index contributed by atoms with van der Waals surface area (Å²) in [6, 6.07) is 9.55. The van der Waals surface area contributed by atoms with Crippen LogP contribution in [-0.2, 0) is 22.6 Å². The number of anilines is 1. The van der Waals surface area contributed by atoms with Gasteiger partial charge in [0.05, 0.1) is 24.5 Å². The maximum absolute atomic E-state index is 12.2. The smallest absolute Gasteiger partial charge is 0.242 e. The molecule has 1 saturated heterocycles. The largest absolute Gasteiger partial charge is 0.376 e. The van der Waals surface area contributed by atoms with Crippen molar-refractivity contribution in [2.45, 2.75) is 45.0 Å². The summed E-state index contributed by atoms with van der Waals surface area (Å²) in [5.74, 6) is -0.0364. The number of ether oxygens (including phenoxy) is 1. The van der Waals surface area contributed by atoms with Gasteiger partial charge in [-0.25, -0.2) is 0 Å². The minimum absolute atomic E-state index is 0.0364. The number of amides is 1. The third-order valence-electron chi connectivity index (χ3n) is 4.13. The minimum atomic E-state index is -0.325. The first-order chi connectivity index (χ1) is 11.7. The molecule has 2 atom stereocenters. The van der Waals surface area contributed by atoms with Crippen LogP contribution in [-0.4, -0.2) is 34.4 Å². The number of benzene rings is 1. The fraction of sp³-hybridized carbons (Fsp3) is 0.444. The molecule has 6 heteroatoms. The van der Waals surface area contributed by atoms with E-state index < -0.39 is 0 Å². The SMILES string of the molecule is CC(Nc1cnn(CC2CCCO2)c1)C(=O)NCc1ccccc1. The van der Waals surface area contributed by atoms with Crippen LogP contribution in [0.15, 0.2) is 42.7 Å². The van der Waals surface area contributed by atoms with Gasteiger partial charge in [-0.2, -0.15) is 5.10 Å². The van der Waals surface area contributed by atoms with E-state index in [1.54, 1.807) is 6.20 Å². The van der Waals surface area contributed by atoms with E-state index in [-0.39, 0.29) is 18.1 Å². The molecule has 0 bridgehead atoms. The average Bonchev–Trinajstić information content (AvgIpc) is 3.26. The highest BCUT2D eigenvalue weighted by Gasteiger charge is 2.17. The number of carbonyl (C=O) groups is 1. The Hall–Kier alpha value is -2.34. The van der Waals surface area contributed by atoms with E-state index in [1.807, 2.05) is 48.1 Å². The lowest BCUT2D eigenvalue weighted by Crippen LogP contribution is -2.37. The van der Waals surface area contributed by atoms with Gasteiger partial charge in [-0.3, -0.25) is 9.48 Å². The van der Waals surface area contributed by atoms with Gasteiger partial charge in [-0.05, 0) is 25.3 Å². The molecular formula is C18H24N4O2. The van der Waals surface area contributed by atoms with Crippen LogP contribution in [0.2, 0.25) is 0 Å². The highest BCUT2D eigenvalue weighted by Crippen LogP contribution is 2.15. The average molecular weight is 328 g/mol. The van der Waals surface area contributed by atoms with Gasteiger partial charge in [0, 0.05) is 19.3 Å². The zero-order chi connectivity index (χ0) is 16.8. The number of carbonyl (C=O) groups excluding carboxylic acids is 1. The molecule has 24 heavy (non-hydrogen) atoms. The van der Waals surface area contributed by atoms with Crippen molar-refractivity contribution in [3.05, 3.63) is 48.3 Å². The Kier molecular flexibility index (Phi) is 5.48. The normalized spacial score (nSPS) is 18.3. The van der Waals surface area contributed by atoms with Crippen LogP contribution < -0.4 is 10.6 Å². The first kappa shape index (κ1) is 16.5. The van der Waals surface area contributed by atoms with Crippen LogP contribution in [0.25, 0.3) is 0 Å². The summed E-state index contributed by atoms with van der Waals surface area (Å²) in [6.07, 6.45) is 6.12. The second kappa shape index (κ2) is 7.97. The summed E-state index contributed by atoms with van der Waals surface area (Å²) in [7, 11) is 0. The zero-order valence-electron chi connectivity index (χ0n) is 13.9. The first-order valence-corrected chi connectivity index (χ1v) is 8.43. The molecule has 1 amide bonds. The molecule has 3 rings (SSSR count). The molecule has 2 unspecified atom stereocenters. The molecule has 2 aromatic rings. The molecule has 0 radical (unpaired) electrons. The van der Waals surface area contributed by atoms with Crippen LogP contribution in [0.1, 0.15) is 25.3 Å². The van der Waals surface area contributed by atoms with Crippen molar-refractivity contribution in [1.29, 1.82) is 0 Å². The third kappa shape index (κ3) is 4.58. The van der Waals surface area contributed by atoms with E-state index >= 15 is 0 Å². The number of nitrogens with zero attached hydrogens (tertiary/aromatic N) is 2. The van der Waals surface area contributed by atoms with E-state index in [1.165, 1.54) is 0 Å². The molecule has 128 valence electrons. The topological polar surface area (TPSA) is 68.2 Å². The predicted molar refractivity (Wildman–Crippen MR) is 92.6 cm³/mol. The van der Waals surface area contributed by atoms with Crippen LogP contribution in [0.4, 0.5) is 5.69 Å².